The number of morpholine rings is 1. The minimum atomic E-state index is 0.0267. The van der Waals surface area contributed by atoms with Crippen molar-refractivity contribution in [1.82, 2.24) is 9.88 Å². The van der Waals surface area contributed by atoms with Crippen LogP contribution < -0.4 is 0 Å². The molecule has 2 heterocycles. The number of H-pyrrole nitrogens is 1. The van der Waals surface area contributed by atoms with E-state index in [0.717, 1.165) is 15.4 Å². The number of aromatic nitrogens is 1. The molecule has 0 saturated carbocycles. The molecule has 0 spiro atoms. The molecule has 19 heavy (non-hydrogen) atoms. The average Bonchev–Trinajstić information content (AvgIpc) is 2.77. The van der Waals surface area contributed by atoms with E-state index in [-0.39, 0.29) is 11.9 Å². The fourth-order valence-electron chi connectivity index (χ4n) is 2.43. The fraction of sp³-hybridized carbons (Fsp3) is 0.357. The van der Waals surface area contributed by atoms with Gasteiger partial charge in [-0.1, -0.05) is 18.2 Å². The van der Waals surface area contributed by atoms with Crippen molar-refractivity contribution in [3.63, 3.8) is 0 Å². The van der Waals surface area contributed by atoms with Crippen LogP contribution in [0.25, 0.3) is 10.9 Å². The summed E-state index contributed by atoms with van der Waals surface area (Å²) in [5, 5.41) is 1.03. The van der Waals surface area contributed by atoms with E-state index in [1.54, 1.807) is 0 Å². The maximum Gasteiger partial charge on any atom is 0.271 e. The molecule has 3 rings (SSSR count). The van der Waals surface area contributed by atoms with Crippen molar-refractivity contribution in [3.8, 4) is 0 Å². The van der Waals surface area contributed by atoms with Crippen molar-refractivity contribution in [3.05, 3.63) is 34.4 Å². The Hall–Kier alpha value is -1.33. The van der Waals surface area contributed by atoms with E-state index in [4.69, 9.17) is 4.74 Å². The van der Waals surface area contributed by atoms with Crippen LogP contribution in [0.3, 0.4) is 0 Å². The number of nitrogens with one attached hydrogen (secondary N) is 1. The highest BCUT2D eigenvalue weighted by Gasteiger charge is 2.27. The lowest BCUT2D eigenvalue weighted by Crippen LogP contribution is -2.47. The third-order valence-electron chi connectivity index (χ3n) is 3.49. The van der Waals surface area contributed by atoms with Gasteiger partial charge in [-0.15, -0.1) is 0 Å². The number of aromatic amines is 1. The SMILES string of the molecule is C[C@@H]1COCCN1C(=O)c1[nH]c2ccccc2c1Br. The Morgan fingerprint density at radius 2 is 2.26 bits per heavy atom. The monoisotopic (exact) mass is 322 g/mol. The van der Waals surface area contributed by atoms with Gasteiger partial charge in [0.25, 0.3) is 5.91 Å². The molecule has 1 saturated heterocycles. The van der Waals surface area contributed by atoms with E-state index in [1.165, 1.54) is 0 Å². The fourth-order valence-corrected chi connectivity index (χ4v) is 3.04. The lowest BCUT2D eigenvalue weighted by molar-refractivity contribution is 0.00327. The van der Waals surface area contributed by atoms with Gasteiger partial charge in [0.2, 0.25) is 0 Å². The van der Waals surface area contributed by atoms with Crippen LogP contribution in [-0.4, -0.2) is 41.6 Å². The summed E-state index contributed by atoms with van der Waals surface area (Å²) in [5.74, 6) is 0.0267. The Bertz CT molecular complexity index is 623. The second-order valence-electron chi connectivity index (χ2n) is 4.78. The molecule has 0 radical (unpaired) electrons. The molecular weight excluding hydrogens is 308 g/mol. The van der Waals surface area contributed by atoms with E-state index in [0.29, 0.717) is 25.5 Å². The smallest absolute Gasteiger partial charge is 0.271 e. The Morgan fingerprint density at radius 3 is 3.00 bits per heavy atom. The number of carbonyl (C=O) groups is 1. The third kappa shape index (κ3) is 2.17. The molecule has 1 aromatic heterocycles. The highest BCUT2D eigenvalue weighted by atomic mass is 79.9. The lowest BCUT2D eigenvalue weighted by Gasteiger charge is -2.33. The summed E-state index contributed by atoms with van der Waals surface area (Å²) in [6, 6.07) is 8.00. The van der Waals surface area contributed by atoms with Crippen LogP contribution in [0.1, 0.15) is 17.4 Å². The Labute approximate surface area is 119 Å². The standard InChI is InChI=1S/C14H15BrN2O2/c1-9-8-19-7-6-17(9)14(18)13-12(15)10-4-2-3-5-11(10)16-13/h2-5,9,16H,6-8H2,1H3/t9-/m1/s1. The Morgan fingerprint density at radius 1 is 1.47 bits per heavy atom. The summed E-state index contributed by atoms with van der Waals surface area (Å²) in [6.45, 7) is 3.85. The van der Waals surface area contributed by atoms with Gasteiger partial charge >= 0.3 is 0 Å². The first-order valence-electron chi connectivity index (χ1n) is 6.33. The maximum atomic E-state index is 12.6. The minimum Gasteiger partial charge on any atom is -0.377 e. The van der Waals surface area contributed by atoms with Gasteiger partial charge in [0.1, 0.15) is 5.69 Å². The zero-order valence-corrected chi connectivity index (χ0v) is 12.2. The maximum absolute atomic E-state index is 12.6. The van der Waals surface area contributed by atoms with Gasteiger partial charge in [-0.2, -0.15) is 0 Å². The first-order valence-corrected chi connectivity index (χ1v) is 7.12. The molecule has 0 aliphatic carbocycles. The lowest BCUT2D eigenvalue weighted by atomic mass is 10.2. The number of para-hydroxylation sites is 1. The molecule has 1 fully saturated rings. The zero-order chi connectivity index (χ0) is 13.4. The quantitative estimate of drug-likeness (QED) is 0.877. The first kappa shape index (κ1) is 12.7. The molecule has 1 N–H and O–H groups in total. The van der Waals surface area contributed by atoms with Gasteiger partial charge in [0, 0.05) is 17.4 Å². The van der Waals surface area contributed by atoms with Crippen molar-refractivity contribution < 1.29 is 9.53 Å². The number of hydrogen-bond donors (Lipinski definition) is 1. The van der Waals surface area contributed by atoms with Crippen molar-refractivity contribution in [2.24, 2.45) is 0 Å². The van der Waals surface area contributed by atoms with Crippen LogP contribution in [0.2, 0.25) is 0 Å². The molecule has 1 amide bonds. The summed E-state index contributed by atoms with van der Waals surface area (Å²) in [7, 11) is 0. The second-order valence-corrected chi connectivity index (χ2v) is 5.58. The van der Waals surface area contributed by atoms with E-state index in [2.05, 4.69) is 20.9 Å². The van der Waals surface area contributed by atoms with Crippen LogP contribution in [0.15, 0.2) is 28.7 Å². The number of hydrogen-bond acceptors (Lipinski definition) is 2. The molecule has 0 unspecified atom stereocenters. The number of fused-ring (bicyclic) bond motifs is 1. The normalized spacial score (nSPS) is 19.9. The molecule has 1 atom stereocenters. The number of ether oxygens (including phenoxy) is 1. The number of benzene rings is 1. The van der Waals surface area contributed by atoms with E-state index in [1.807, 2.05) is 36.1 Å². The molecule has 1 aromatic carbocycles. The van der Waals surface area contributed by atoms with E-state index >= 15 is 0 Å². The Balaban J connectivity index is 1.99. The number of nitrogens with zero attached hydrogens (tertiary/aromatic N) is 1. The molecular formula is C14H15BrN2O2. The molecule has 1 aliphatic heterocycles. The predicted octanol–water partition coefficient (Wildman–Crippen LogP) is 2.79. The van der Waals surface area contributed by atoms with Crippen LogP contribution in [0.4, 0.5) is 0 Å². The highest BCUT2D eigenvalue weighted by molar-refractivity contribution is 9.10. The summed E-state index contributed by atoms with van der Waals surface area (Å²) < 4.78 is 6.21. The molecule has 4 nitrogen and oxygen atoms in total. The number of carbonyl (C=O) groups excluding carboxylic acids is 1. The topological polar surface area (TPSA) is 45.3 Å². The number of amides is 1. The molecule has 1 aliphatic rings. The van der Waals surface area contributed by atoms with Crippen molar-refractivity contribution in [1.29, 1.82) is 0 Å². The Kier molecular flexibility index (Phi) is 3.33. The minimum absolute atomic E-state index is 0.0267. The van der Waals surface area contributed by atoms with Gasteiger partial charge in [0.05, 0.1) is 23.7 Å². The first-order chi connectivity index (χ1) is 9.18. The zero-order valence-electron chi connectivity index (χ0n) is 10.6. The van der Waals surface area contributed by atoms with Gasteiger partial charge in [-0.3, -0.25) is 4.79 Å². The van der Waals surface area contributed by atoms with Gasteiger partial charge in [-0.05, 0) is 28.9 Å². The van der Waals surface area contributed by atoms with Crippen LogP contribution in [-0.2, 0) is 4.74 Å². The van der Waals surface area contributed by atoms with E-state index < -0.39 is 0 Å². The molecule has 100 valence electrons. The summed E-state index contributed by atoms with van der Waals surface area (Å²) in [6.07, 6.45) is 0. The predicted molar refractivity (Wildman–Crippen MR) is 77.3 cm³/mol. The van der Waals surface area contributed by atoms with E-state index in [9.17, 15) is 4.79 Å². The van der Waals surface area contributed by atoms with Crippen molar-refractivity contribution >= 4 is 32.7 Å². The summed E-state index contributed by atoms with van der Waals surface area (Å²) in [5.41, 5.74) is 1.59. The second kappa shape index (κ2) is 4.98. The number of rotatable bonds is 1. The van der Waals surface area contributed by atoms with Crippen LogP contribution >= 0.6 is 15.9 Å². The molecule has 5 heteroatoms. The van der Waals surface area contributed by atoms with Gasteiger partial charge in [0.15, 0.2) is 0 Å². The van der Waals surface area contributed by atoms with Crippen molar-refractivity contribution in [2.45, 2.75) is 13.0 Å². The van der Waals surface area contributed by atoms with Gasteiger partial charge in [-0.25, -0.2) is 0 Å². The van der Waals surface area contributed by atoms with Crippen molar-refractivity contribution in [2.75, 3.05) is 19.8 Å². The summed E-state index contributed by atoms with van der Waals surface area (Å²) >= 11 is 3.53. The highest BCUT2D eigenvalue weighted by Crippen LogP contribution is 2.29. The average molecular weight is 323 g/mol. The summed E-state index contributed by atoms with van der Waals surface area (Å²) in [4.78, 5) is 17.7. The number of halogens is 1. The van der Waals surface area contributed by atoms with Crippen LogP contribution in [0.5, 0.6) is 0 Å². The van der Waals surface area contributed by atoms with Crippen LogP contribution in [0, 0.1) is 0 Å². The molecule has 2 aromatic rings. The molecule has 0 bridgehead atoms. The largest absolute Gasteiger partial charge is 0.377 e. The van der Waals surface area contributed by atoms with Gasteiger partial charge < -0.3 is 14.6 Å². The third-order valence-corrected chi connectivity index (χ3v) is 4.31.